The molecule has 0 radical (unpaired) electrons. The summed E-state index contributed by atoms with van der Waals surface area (Å²) in [7, 11) is 0. The van der Waals surface area contributed by atoms with Crippen molar-refractivity contribution in [2.45, 2.75) is 56.9 Å². The maximum Gasteiger partial charge on any atom is 0.311 e. The zero-order valence-electron chi connectivity index (χ0n) is 31.0. The number of nitrogens with one attached hydrogen (secondary N) is 1. The molecule has 5 aromatic carbocycles. The molecular formula is C46H46N4O5. The fraction of sp³-hybridized carbons (Fsp3) is 0.261. The van der Waals surface area contributed by atoms with Gasteiger partial charge in [-0.1, -0.05) is 151 Å². The third kappa shape index (κ3) is 8.43. The second-order valence-electron chi connectivity index (χ2n) is 14.5. The lowest BCUT2D eigenvalue weighted by molar-refractivity contribution is -0.187. The van der Waals surface area contributed by atoms with Crippen LogP contribution in [0, 0.1) is 5.41 Å². The number of carboxylic acids is 1. The zero-order chi connectivity index (χ0) is 38.1. The minimum absolute atomic E-state index is 0.0593. The number of carbonyl (C=O) groups excluding carboxylic acids is 1. The molecule has 2 heterocycles. The smallest absolute Gasteiger partial charge is 0.311 e. The van der Waals surface area contributed by atoms with E-state index >= 15 is 0 Å². The van der Waals surface area contributed by atoms with Crippen LogP contribution in [0.1, 0.15) is 65.3 Å². The van der Waals surface area contributed by atoms with Gasteiger partial charge in [0.1, 0.15) is 5.54 Å². The van der Waals surface area contributed by atoms with Crippen molar-refractivity contribution >= 4 is 11.9 Å². The molecule has 9 heteroatoms. The molecule has 0 spiro atoms. The van der Waals surface area contributed by atoms with E-state index < -0.39 is 35.2 Å². The van der Waals surface area contributed by atoms with E-state index in [1.807, 2.05) is 133 Å². The summed E-state index contributed by atoms with van der Waals surface area (Å²) >= 11 is 0. The summed E-state index contributed by atoms with van der Waals surface area (Å²) in [5.74, 6) is -1.46. The molecule has 1 unspecified atom stereocenters. The van der Waals surface area contributed by atoms with E-state index in [2.05, 4.69) is 27.8 Å². The highest BCUT2D eigenvalue weighted by Crippen LogP contribution is 2.40. The van der Waals surface area contributed by atoms with Gasteiger partial charge >= 0.3 is 5.97 Å². The van der Waals surface area contributed by atoms with Crippen LogP contribution in [0.2, 0.25) is 0 Å². The van der Waals surface area contributed by atoms with Crippen molar-refractivity contribution in [2.24, 2.45) is 5.41 Å². The summed E-state index contributed by atoms with van der Waals surface area (Å²) in [5.41, 5.74) is 3.80. The van der Waals surface area contributed by atoms with E-state index in [1.165, 1.54) is 0 Å². The highest BCUT2D eigenvalue weighted by molar-refractivity contribution is 5.92. The standard InChI is InChI=1S/C46H46N4O5/c1-45(44(52)53,33-55-42-24-14-15-29-54-42)31-40(30-34-25-27-36(28-26-34)35-16-6-2-7-17-35)47-43(51)41-32-50(49-48-41)46(37-18-8-3-9-19-37,38-20-10-4-11-21-38)39-22-12-5-13-23-39/h2-13,16-23,25-28,32,40,42H,14-15,24,29-31,33H2,1H3,(H,47,51)(H,52,53)/t40-,42?,45+/m1/s1. The SMILES string of the molecule is C[C@@](COC1CCCCO1)(C[C@@H](Cc1ccc(-c2ccccc2)cc1)NC(=O)c1cn(C(c2ccccc2)(c2ccccc2)c2ccccc2)nn1)C(=O)O. The Bertz CT molecular complexity index is 2040. The molecule has 0 saturated carbocycles. The highest BCUT2D eigenvalue weighted by Gasteiger charge is 2.41. The number of carbonyl (C=O) groups is 2. The van der Waals surface area contributed by atoms with Crippen molar-refractivity contribution in [1.29, 1.82) is 0 Å². The van der Waals surface area contributed by atoms with E-state index in [9.17, 15) is 14.7 Å². The molecule has 6 aromatic rings. The van der Waals surface area contributed by atoms with Gasteiger partial charge in [0.15, 0.2) is 12.0 Å². The first-order valence-corrected chi connectivity index (χ1v) is 18.9. The van der Waals surface area contributed by atoms with Crippen molar-refractivity contribution in [3.63, 3.8) is 0 Å². The zero-order valence-corrected chi connectivity index (χ0v) is 31.0. The van der Waals surface area contributed by atoms with Crippen molar-refractivity contribution in [1.82, 2.24) is 20.3 Å². The summed E-state index contributed by atoms with van der Waals surface area (Å²) < 4.78 is 13.5. The number of benzene rings is 5. The molecule has 280 valence electrons. The van der Waals surface area contributed by atoms with Gasteiger partial charge in [-0.3, -0.25) is 9.59 Å². The fourth-order valence-electron chi connectivity index (χ4n) is 7.52. The Morgan fingerprint density at radius 1 is 0.800 bits per heavy atom. The minimum Gasteiger partial charge on any atom is -0.481 e. The number of aliphatic carboxylic acids is 1. The molecule has 2 N–H and O–H groups in total. The molecule has 55 heavy (non-hydrogen) atoms. The second-order valence-corrected chi connectivity index (χ2v) is 14.5. The number of nitrogens with zero attached hydrogens (tertiary/aromatic N) is 3. The molecule has 1 amide bonds. The number of rotatable bonds is 15. The summed E-state index contributed by atoms with van der Waals surface area (Å²) in [5, 5.41) is 22.8. The number of ether oxygens (including phenoxy) is 2. The lowest BCUT2D eigenvalue weighted by atomic mass is 9.77. The summed E-state index contributed by atoms with van der Waals surface area (Å²) in [6.07, 6.45) is 4.37. The van der Waals surface area contributed by atoms with Crippen LogP contribution in [0.25, 0.3) is 11.1 Å². The van der Waals surface area contributed by atoms with Crippen LogP contribution in [-0.4, -0.2) is 57.5 Å². The molecule has 1 aliphatic heterocycles. The molecule has 1 aliphatic rings. The Labute approximate surface area is 322 Å². The number of hydrogen-bond acceptors (Lipinski definition) is 6. The van der Waals surface area contributed by atoms with Gasteiger partial charge in [-0.2, -0.15) is 0 Å². The molecule has 7 rings (SSSR count). The molecule has 1 fully saturated rings. The second kappa shape index (κ2) is 17.1. The quantitative estimate of drug-likeness (QED) is 0.102. The van der Waals surface area contributed by atoms with Gasteiger partial charge < -0.3 is 19.9 Å². The first kappa shape index (κ1) is 37.4. The van der Waals surface area contributed by atoms with Gasteiger partial charge in [0.05, 0.1) is 18.2 Å². The summed E-state index contributed by atoms with van der Waals surface area (Å²) in [6, 6.07) is 47.8. The van der Waals surface area contributed by atoms with E-state index in [0.29, 0.717) is 13.0 Å². The maximum absolute atomic E-state index is 14.3. The molecular weight excluding hydrogens is 689 g/mol. The lowest BCUT2D eigenvalue weighted by Gasteiger charge is -2.35. The van der Waals surface area contributed by atoms with Crippen molar-refractivity contribution in [2.75, 3.05) is 13.2 Å². The Kier molecular flexibility index (Phi) is 11.6. The predicted molar refractivity (Wildman–Crippen MR) is 211 cm³/mol. The average Bonchev–Trinajstić information content (AvgIpc) is 3.73. The maximum atomic E-state index is 14.3. The van der Waals surface area contributed by atoms with E-state index in [4.69, 9.17) is 9.47 Å². The topological polar surface area (TPSA) is 116 Å². The van der Waals surface area contributed by atoms with Crippen molar-refractivity contribution in [3.05, 3.63) is 180 Å². The fourth-order valence-corrected chi connectivity index (χ4v) is 7.52. The molecule has 1 saturated heterocycles. The van der Waals surface area contributed by atoms with Crippen LogP contribution in [0.15, 0.2) is 152 Å². The lowest BCUT2D eigenvalue weighted by Crippen LogP contribution is -2.45. The van der Waals surface area contributed by atoms with Crippen LogP contribution in [0.4, 0.5) is 0 Å². The van der Waals surface area contributed by atoms with Gasteiger partial charge in [-0.25, -0.2) is 4.68 Å². The van der Waals surface area contributed by atoms with Gasteiger partial charge in [0.2, 0.25) is 0 Å². The third-order valence-electron chi connectivity index (χ3n) is 10.5. The van der Waals surface area contributed by atoms with E-state index in [-0.39, 0.29) is 18.7 Å². The van der Waals surface area contributed by atoms with E-state index in [0.717, 1.165) is 52.6 Å². The molecule has 9 nitrogen and oxygen atoms in total. The normalized spacial score (nSPS) is 16.1. The monoisotopic (exact) mass is 734 g/mol. The van der Waals surface area contributed by atoms with Gasteiger partial charge in [-0.05, 0) is 72.4 Å². The summed E-state index contributed by atoms with van der Waals surface area (Å²) in [4.78, 5) is 27.2. The minimum atomic E-state index is -1.32. The predicted octanol–water partition coefficient (Wildman–Crippen LogP) is 8.15. The van der Waals surface area contributed by atoms with Crippen molar-refractivity contribution in [3.8, 4) is 11.1 Å². The van der Waals surface area contributed by atoms with Gasteiger partial charge in [0.25, 0.3) is 5.91 Å². The Balaban J connectivity index is 1.21. The highest BCUT2D eigenvalue weighted by atomic mass is 16.7. The largest absolute Gasteiger partial charge is 0.481 e. The molecule has 3 atom stereocenters. The Morgan fingerprint density at radius 3 is 1.87 bits per heavy atom. The molecule has 0 aliphatic carbocycles. The number of aromatic nitrogens is 3. The number of hydrogen-bond donors (Lipinski definition) is 2. The van der Waals surface area contributed by atoms with Crippen LogP contribution >= 0.6 is 0 Å². The van der Waals surface area contributed by atoms with Crippen molar-refractivity contribution < 1.29 is 24.2 Å². The molecule has 1 aromatic heterocycles. The van der Waals surface area contributed by atoms with Crippen LogP contribution < -0.4 is 5.32 Å². The first-order chi connectivity index (χ1) is 26.8. The van der Waals surface area contributed by atoms with Gasteiger partial charge in [-0.15, -0.1) is 5.10 Å². The number of carboxylic acid groups (broad SMARTS) is 1. The van der Waals surface area contributed by atoms with Crippen LogP contribution in [0.3, 0.4) is 0 Å². The van der Waals surface area contributed by atoms with E-state index in [1.54, 1.807) is 17.8 Å². The number of amides is 1. The van der Waals surface area contributed by atoms with Crippen LogP contribution in [0.5, 0.6) is 0 Å². The third-order valence-corrected chi connectivity index (χ3v) is 10.5. The Hall–Kier alpha value is -5.90. The average molecular weight is 735 g/mol. The van der Waals surface area contributed by atoms with Crippen LogP contribution in [-0.2, 0) is 26.2 Å². The summed E-state index contributed by atoms with van der Waals surface area (Å²) in [6.45, 7) is 2.20. The Morgan fingerprint density at radius 2 is 1.35 bits per heavy atom. The van der Waals surface area contributed by atoms with Gasteiger partial charge in [0, 0.05) is 12.6 Å². The molecule has 0 bridgehead atoms. The first-order valence-electron chi connectivity index (χ1n) is 18.9.